The number of hydrogen-bond donors (Lipinski definition) is 1. The fourth-order valence-corrected chi connectivity index (χ4v) is 2.78. The summed E-state index contributed by atoms with van der Waals surface area (Å²) < 4.78 is 0. The third kappa shape index (κ3) is 4.12. The molecule has 10 nitrogen and oxygen atoms in total. The van der Waals surface area contributed by atoms with Crippen LogP contribution in [0.3, 0.4) is 0 Å². The van der Waals surface area contributed by atoms with Crippen LogP contribution in [0.5, 0.6) is 0 Å². The summed E-state index contributed by atoms with van der Waals surface area (Å²) in [6, 6.07) is 16.2. The molecule has 2 N–H and O–H groups in total. The number of nitro groups is 2. The number of anilines is 2. The van der Waals surface area contributed by atoms with Crippen molar-refractivity contribution in [3.8, 4) is 0 Å². The molecule has 0 heterocycles. The summed E-state index contributed by atoms with van der Waals surface area (Å²) in [5, 5.41) is 22.3. The normalized spacial score (nSPS) is 10.3. The highest BCUT2D eigenvalue weighted by Crippen LogP contribution is 2.32. The van der Waals surface area contributed by atoms with Crippen LogP contribution in [0.2, 0.25) is 0 Å². The van der Waals surface area contributed by atoms with Crippen molar-refractivity contribution in [2.45, 2.75) is 0 Å². The Morgan fingerprint density at radius 1 is 0.733 bits per heavy atom. The summed E-state index contributed by atoms with van der Waals surface area (Å²) >= 11 is 0. The van der Waals surface area contributed by atoms with Crippen molar-refractivity contribution in [3.05, 3.63) is 104 Å². The molecule has 0 saturated carbocycles. The Labute approximate surface area is 169 Å². The van der Waals surface area contributed by atoms with E-state index in [1.54, 1.807) is 0 Å². The number of nitrogens with two attached hydrogens (primary N) is 1. The third-order valence-corrected chi connectivity index (χ3v) is 4.22. The molecular formula is C20H14N4O6. The number of carbonyl (C=O) groups excluding carboxylic acids is 2. The number of primary amides is 1. The lowest BCUT2D eigenvalue weighted by Gasteiger charge is -2.23. The van der Waals surface area contributed by atoms with E-state index in [-0.39, 0.29) is 33.9 Å². The predicted octanol–water partition coefficient (Wildman–Crippen LogP) is 3.58. The molecule has 0 spiro atoms. The molecule has 0 radical (unpaired) electrons. The van der Waals surface area contributed by atoms with E-state index in [2.05, 4.69) is 0 Å². The van der Waals surface area contributed by atoms with Crippen LogP contribution in [-0.2, 0) is 0 Å². The smallest absolute Gasteiger partial charge is 0.271 e. The zero-order valence-electron chi connectivity index (χ0n) is 15.3. The lowest BCUT2D eigenvalue weighted by molar-refractivity contribution is -0.384. The van der Waals surface area contributed by atoms with E-state index in [4.69, 9.17) is 5.73 Å². The highest BCUT2D eigenvalue weighted by atomic mass is 16.6. The van der Waals surface area contributed by atoms with Gasteiger partial charge in [-0.2, -0.15) is 0 Å². The van der Waals surface area contributed by atoms with Crippen LogP contribution in [0.1, 0.15) is 20.7 Å². The quantitative estimate of drug-likeness (QED) is 0.488. The molecule has 3 aromatic carbocycles. The molecule has 0 saturated heterocycles. The fraction of sp³-hybridized carbons (Fsp3) is 0. The minimum Gasteiger partial charge on any atom is -0.366 e. The number of nitrogens with zero attached hydrogens (tertiary/aromatic N) is 3. The highest BCUT2D eigenvalue weighted by Gasteiger charge is 2.23. The van der Waals surface area contributed by atoms with Gasteiger partial charge in [-0.3, -0.25) is 34.7 Å². The number of benzene rings is 3. The van der Waals surface area contributed by atoms with Gasteiger partial charge in [0.15, 0.2) is 0 Å². The maximum Gasteiger partial charge on any atom is 0.271 e. The van der Waals surface area contributed by atoms with Crippen LogP contribution in [0, 0.1) is 20.2 Å². The Bertz CT molecular complexity index is 1100. The minimum atomic E-state index is -0.664. The lowest BCUT2D eigenvalue weighted by atomic mass is 10.1. The molecule has 0 aliphatic rings. The maximum absolute atomic E-state index is 13.3. The van der Waals surface area contributed by atoms with Crippen molar-refractivity contribution in [2.75, 3.05) is 4.90 Å². The molecule has 30 heavy (non-hydrogen) atoms. The molecule has 0 aliphatic carbocycles. The van der Waals surface area contributed by atoms with E-state index in [1.165, 1.54) is 72.8 Å². The van der Waals surface area contributed by atoms with E-state index in [0.29, 0.717) is 0 Å². The van der Waals surface area contributed by atoms with Gasteiger partial charge in [0.25, 0.3) is 17.3 Å². The summed E-state index contributed by atoms with van der Waals surface area (Å²) in [5.41, 5.74) is 5.35. The number of rotatable bonds is 6. The van der Waals surface area contributed by atoms with E-state index in [1.807, 2.05) is 0 Å². The first-order chi connectivity index (χ1) is 14.3. The number of amides is 2. The molecule has 3 rings (SSSR count). The van der Waals surface area contributed by atoms with Gasteiger partial charge >= 0.3 is 0 Å². The van der Waals surface area contributed by atoms with Gasteiger partial charge in [0.2, 0.25) is 5.91 Å². The summed E-state index contributed by atoms with van der Waals surface area (Å²) in [6.45, 7) is 0. The minimum absolute atomic E-state index is 0.147. The summed E-state index contributed by atoms with van der Waals surface area (Å²) in [5.74, 6) is -1.27. The Morgan fingerprint density at radius 3 is 1.57 bits per heavy atom. The molecule has 0 aliphatic heterocycles. The van der Waals surface area contributed by atoms with Crippen molar-refractivity contribution in [2.24, 2.45) is 5.73 Å². The molecular weight excluding hydrogens is 392 g/mol. The summed E-state index contributed by atoms with van der Waals surface area (Å²) in [6.07, 6.45) is 0. The van der Waals surface area contributed by atoms with Crippen molar-refractivity contribution in [1.82, 2.24) is 0 Å². The first kappa shape index (κ1) is 20.1. The second-order valence-electron chi connectivity index (χ2n) is 6.14. The maximum atomic E-state index is 13.3. The van der Waals surface area contributed by atoms with Crippen LogP contribution in [0.25, 0.3) is 0 Å². The molecule has 2 amide bonds. The zero-order valence-corrected chi connectivity index (χ0v) is 15.3. The average Bonchev–Trinajstić information content (AvgIpc) is 2.74. The molecule has 0 bridgehead atoms. The first-order valence-electron chi connectivity index (χ1n) is 8.51. The number of hydrogen-bond acceptors (Lipinski definition) is 6. The third-order valence-electron chi connectivity index (χ3n) is 4.22. The van der Waals surface area contributed by atoms with E-state index >= 15 is 0 Å². The van der Waals surface area contributed by atoms with Gasteiger partial charge in [-0.25, -0.2) is 0 Å². The van der Waals surface area contributed by atoms with E-state index in [9.17, 15) is 29.8 Å². The molecule has 0 aromatic heterocycles. The van der Waals surface area contributed by atoms with Gasteiger partial charge in [0.1, 0.15) is 0 Å². The molecule has 0 fully saturated rings. The standard InChI is InChI=1S/C20H14N4O6/c21-19(25)13-7-9-14(10-8-13)20(26)22(15-3-1-5-17(11-15)23(27)28)16-4-2-6-18(12-16)24(29)30/h1-12H,(H2,21,25). The molecule has 0 atom stereocenters. The van der Waals surface area contributed by atoms with Gasteiger partial charge in [0.05, 0.1) is 21.2 Å². The highest BCUT2D eigenvalue weighted by molar-refractivity contribution is 6.11. The lowest BCUT2D eigenvalue weighted by Crippen LogP contribution is -2.26. The summed E-state index contributed by atoms with van der Waals surface area (Å²) in [7, 11) is 0. The second-order valence-corrected chi connectivity index (χ2v) is 6.14. The topological polar surface area (TPSA) is 150 Å². The largest absolute Gasteiger partial charge is 0.366 e. The van der Waals surface area contributed by atoms with Gasteiger partial charge < -0.3 is 5.73 Å². The first-order valence-corrected chi connectivity index (χ1v) is 8.51. The number of carbonyl (C=O) groups is 2. The van der Waals surface area contributed by atoms with Gasteiger partial charge in [-0.1, -0.05) is 12.1 Å². The monoisotopic (exact) mass is 406 g/mol. The molecule has 3 aromatic rings. The van der Waals surface area contributed by atoms with E-state index < -0.39 is 21.7 Å². The van der Waals surface area contributed by atoms with Gasteiger partial charge in [0, 0.05) is 35.4 Å². The van der Waals surface area contributed by atoms with Gasteiger partial charge in [-0.05, 0) is 36.4 Å². The van der Waals surface area contributed by atoms with Crippen molar-refractivity contribution in [1.29, 1.82) is 0 Å². The van der Waals surface area contributed by atoms with E-state index in [0.717, 1.165) is 4.90 Å². The molecule has 0 unspecified atom stereocenters. The summed E-state index contributed by atoms with van der Waals surface area (Å²) in [4.78, 5) is 46.8. The zero-order chi connectivity index (χ0) is 21.8. The Morgan fingerprint density at radius 2 is 1.17 bits per heavy atom. The van der Waals surface area contributed by atoms with Crippen molar-refractivity contribution in [3.63, 3.8) is 0 Å². The van der Waals surface area contributed by atoms with Crippen LogP contribution in [-0.4, -0.2) is 21.7 Å². The number of non-ortho nitro benzene ring substituents is 2. The average molecular weight is 406 g/mol. The van der Waals surface area contributed by atoms with Crippen molar-refractivity contribution < 1.29 is 19.4 Å². The SMILES string of the molecule is NC(=O)c1ccc(C(=O)N(c2cccc([N+](=O)[O-])c2)c2cccc([N+](=O)[O-])c2)cc1. The van der Waals surface area contributed by atoms with Crippen LogP contribution in [0.15, 0.2) is 72.8 Å². The van der Waals surface area contributed by atoms with Gasteiger partial charge in [-0.15, -0.1) is 0 Å². The Hall–Kier alpha value is -4.60. The van der Waals surface area contributed by atoms with Crippen molar-refractivity contribution >= 4 is 34.6 Å². The van der Waals surface area contributed by atoms with Crippen LogP contribution in [0.4, 0.5) is 22.7 Å². The second kappa shape index (κ2) is 8.19. The van der Waals surface area contributed by atoms with Crippen LogP contribution < -0.4 is 10.6 Å². The molecule has 150 valence electrons. The van der Waals surface area contributed by atoms with Crippen LogP contribution >= 0.6 is 0 Å². The fourth-order valence-electron chi connectivity index (χ4n) is 2.78. The Kier molecular flexibility index (Phi) is 5.50. The predicted molar refractivity (Wildman–Crippen MR) is 108 cm³/mol. The number of nitro benzene ring substituents is 2. The molecule has 10 heteroatoms. The Balaban J connectivity index is 2.14.